The number of aromatic nitrogens is 3. The largest absolute Gasteiger partial charge is 0.384 e. The van der Waals surface area contributed by atoms with E-state index in [-0.39, 0.29) is 11.8 Å². The predicted molar refractivity (Wildman–Crippen MR) is 82.0 cm³/mol. The number of aromatic amines is 1. The highest BCUT2D eigenvalue weighted by Gasteiger charge is 2.10. The van der Waals surface area contributed by atoms with Gasteiger partial charge in [0.2, 0.25) is 0 Å². The second-order valence-electron chi connectivity index (χ2n) is 5.26. The number of H-pyrrole nitrogens is 1. The molecule has 0 unspecified atom stereocenters. The normalized spacial score (nSPS) is 10.8. The van der Waals surface area contributed by atoms with E-state index in [4.69, 9.17) is 5.73 Å². The molecule has 0 fully saturated rings. The van der Waals surface area contributed by atoms with Gasteiger partial charge in [-0.1, -0.05) is 13.8 Å². The fourth-order valence-corrected chi connectivity index (χ4v) is 2.00. The summed E-state index contributed by atoms with van der Waals surface area (Å²) >= 11 is 0. The van der Waals surface area contributed by atoms with E-state index in [9.17, 15) is 4.79 Å². The molecule has 2 aromatic rings. The molecule has 6 nitrogen and oxygen atoms in total. The molecule has 0 saturated heterocycles. The van der Waals surface area contributed by atoms with E-state index in [1.807, 2.05) is 13.8 Å². The number of pyridine rings is 1. The summed E-state index contributed by atoms with van der Waals surface area (Å²) in [6, 6.07) is 3.40. The van der Waals surface area contributed by atoms with Crippen LogP contribution in [-0.2, 0) is 6.42 Å². The number of rotatable bonds is 6. The number of anilines is 1. The summed E-state index contributed by atoms with van der Waals surface area (Å²) in [7, 11) is 0. The molecule has 0 saturated carbocycles. The molecule has 0 aliphatic carbocycles. The lowest BCUT2D eigenvalue weighted by Gasteiger charge is -2.09. The molecule has 2 heterocycles. The zero-order valence-corrected chi connectivity index (χ0v) is 12.4. The second kappa shape index (κ2) is 6.88. The summed E-state index contributed by atoms with van der Waals surface area (Å²) in [5, 5.41) is 2.89. The van der Waals surface area contributed by atoms with Crippen LogP contribution in [0.25, 0.3) is 0 Å². The van der Waals surface area contributed by atoms with Gasteiger partial charge in [-0.05, 0) is 24.5 Å². The minimum absolute atomic E-state index is 0.120. The number of hydrogen-bond donors (Lipinski definition) is 3. The fourth-order valence-electron chi connectivity index (χ4n) is 2.00. The molecule has 0 aliphatic rings. The van der Waals surface area contributed by atoms with E-state index in [1.54, 1.807) is 24.5 Å². The monoisotopic (exact) mass is 287 g/mol. The summed E-state index contributed by atoms with van der Waals surface area (Å²) in [5.74, 6) is 1.42. The maximum atomic E-state index is 12.1. The van der Waals surface area contributed by atoms with Crippen molar-refractivity contribution in [3.8, 4) is 0 Å². The number of hydrogen-bond acceptors (Lipinski definition) is 4. The van der Waals surface area contributed by atoms with Crippen molar-refractivity contribution in [2.45, 2.75) is 32.6 Å². The average molecular weight is 287 g/mol. The van der Waals surface area contributed by atoms with Gasteiger partial charge in [0.25, 0.3) is 5.91 Å². The number of nitrogens with two attached hydrogens (primary N) is 1. The lowest BCUT2D eigenvalue weighted by Crippen LogP contribution is -2.25. The third-order valence-electron chi connectivity index (χ3n) is 3.15. The Bertz CT molecular complexity index is 592. The zero-order chi connectivity index (χ0) is 15.2. The standard InChI is InChI=1S/C15H21N5O/c1-10(2)12-8-11(9-13(16)20-12)15(21)19-5-3-4-14-17-6-7-18-14/h6-10H,3-5H2,1-2H3,(H2,16,20)(H,17,18)(H,19,21). The van der Waals surface area contributed by atoms with Gasteiger partial charge in [-0.15, -0.1) is 0 Å². The topological polar surface area (TPSA) is 96.7 Å². The molecule has 0 aliphatic heterocycles. The zero-order valence-electron chi connectivity index (χ0n) is 12.4. The van der Waals surface area contributed by atoms with Gasteiger partial charge in [0.15, 0.2) is 0 Å². The van der Waals surface area contributed by atoms with Crippen LogP contribution in [0.3, 0.4) is 0 Å². The molecule has 21 heavy (non-hydrogen) atoms. The Morgan fingerprint density at radius 1 is 1.43 bits per heavy atom. The van der Waals surface area contributed by atoms with Gasteiger partial charge in [0, 0.05) is 36.6 Å². The van der Waals surface area contributed by atoms with Gasteiger partial charge in [-0.2, -0.15) is 0 Å². The highest BCUT2D eigenvalue weighted by atomic mass is 16.1. The molecule has 6 heteroatoms. The van der Waals surface area contributed by atoms with Crippen molar-refractivity contribution in [1.29, 1.82) is 0 Å². The van der Waals surface area contributed by atoms with Crippen LogP contribution >= 0.6 is 0 Å². The number of nitrogen functional groups attached to an aromatic ring is 1. The third-order valence-corrected chi connectivity index (χ3v) is 3.15. The van der Waals surface area contributed by atoms with Crippen LogP contribution in [0.5, 0.6) is 0 Å². The molecule has 2 aromatic heterocycles. The number of imidazole rings is 1. The van der Waals surface area contributed by atoms with Crippen molar-refractivity contribution < 1.29 is 4.79 Å². The summed E-state index contributed by atoms with van der Waals surface area (Å²) in [4.78, 5) is 23.5. The van der Waals surface area contributed by atoms with Gasteiger partial charge in [0.05, 0.1) is 0 Å². The lowest BCUT2D eigenvalue weighted by molar-refractivity contribution is 0.0953. The number of amides is 1. The van der Waals surface area contributed by atoms with Crippen LogP contribution in [0.1, 0.15) is 48.1 Å². The van der Waals surface area contributed by atoms with E-state index < -0.39 is 0 Å². The quantitative estimate of drug-likeness (QED) is 0.707. The van der Waals surface area contributed by atoms with Gasteiger partial charge in [-0.3, -0.25) is 4.79 Å². The van der Waals surface area contributed by atoms with E-state index in [2.05, 4.69) is 20.3 Å². The van der Waals surface area contributed by atoms with E-state index in [0.717, 1.165) is 24.4 Å². The SMILES string of the molecule is CC(C)c1cc(C(=O)NCCCc2ncc[nH]2)cc(N)n1. The van der Waals surface area contributed by atoms with Crippen molar-refractivity contribution in [3.63, 3.8) is 0 Å². The van der Waals surface area contributed by atoms with E-state index >= 15 is 0 Å². The number of carbonyl (C=O) groups is 1. The first kappa shape index (κ1) is 15.0. The van der Waals surface area contributed by atoms with Crippen molar-refractivity contribution in [3.05, 3.63) is 41.6 Å². The highest BCUT2D eigenvalue weighted by molar-refractivity contribution is 5.94. The maximum Gasteiger partial charge on any atom is 0.251 e. The van der Waals surface area contributed by atoms with Gasteiger partial charge in [0.1, 0.15) is 11.6 Å². The van der Waals surface area contributed by atoms with Gasteiger partial charge < -0.3 is 16.0 Å². The molecule has 112 valence electrons. The third kappa shape index (κ3) is 4.30. The van der Waals surface area contributed by atoms with Crippen LogP contribution < -0.4 is 11.1 Å². The fraction of sp³-hybridized carbons (Fsp3) is 0.400. The predicted octanol–water partition coefficient (Wildman–Crippen LogP) is 1.87. The first-order valence-corrected chi connectivity index (χ1v) is 7.10. The van der Waals surface area contributed by atoms with Gasteiger partial charge >= 0.3 is 0 Å². The average Bonchev–Trinajstić information content (AvgIpc) is 2.95. The molecule has 4 N–H and O–H groups in total. The minimum Gasteiger partial charge on any atom is -0.384 e. The van der Waals surface area contributed by atoms with Crippen LogP contribution in [0.2, 0.25) is 0 Å². The second-order valence-corrected chi connectivity index (χ2v) is 5.26. The number of nitrogens with one attached hydrogen (secondary N) is 2. The first-order chi connectivity index (χ1) is 10.1. The Labute approximate surface area is 124 Å². The molecule has 1 amide bonds. The summed E-state index contributed by atoms with van der Waals surface area (Å²) < 4.78 is 0. The molecule has 0 spiro atoms. The van der Waals surface area contributed by atoms with Crippen LogP contribution in [0.4, 0.5) is 5.82 Å². The summed E-state index contributed by atoms with van der Waals surface area (Å²) in [6.07, 6.45) is 5.15. The smallest absolute Gasteiger partial charge is 0.251 e. The van der Waals surface area contributed by atoms with Crippen LogP contribution in [0.15, 0.2) is 24.5 Å². The molecule has 0 bridgehead atoms. The molecule has 0 atom stereocenters. The van der Waals surface area contributed by atoms with E-state index in [0.29, 0.717) is 17.9 Å². The summed E-state index contributed by atoms with van der Waals surface area (Å²) in [6.45, 7) is 4.64. The molecule has 2 rings (SSSR count). The van der Waals surface area contributed by atoms with Crippen molar-refractivity contribution in [1.82, 2.24) is 20.3 Å². The van der Waals surface area contributed by atoms with Crippen molar-refractivity contribution >= 4 is 11.7 Å². The Morgan fingerprint density at radius 3 is 2.90 bits per heavy atom. The van der Waals surface area contributed by atoms with E-state index in [1.165, 1.54) is 0 Å². The molecular formula is C15H21N5O. The summed E-state index contributed by atoms with van der Waals surface area (Å²) in [5.41, 5.74) is 7.14. The highest BCUT2D eigenvalue weighted by Crippen LogP contribution is 2.15. The minimum atomic E-state index is -0.120. The number of carbonyl (C=O) groups excluding carboxylic acids is 1. The Hall–Kier alpha value is -2.37. The Kier molecular flexibility index (Phi) is 4.92. The number of aryl methyl sites for hydroxylation is 1. The van der Waals surface area contributed by atoms with Gasteiger partial charge in [-0.25, -0.2) is 9.97 Å². The maximum absolute atomic E-state index is 12.1. The van der Waals surface area contributed by atoms with Crippen molar-refractivity contribution in [2.75, 3.05) is 12.3 Å². The lowest BCUT2D eigenvalue weighted by atomic mass is 10.1. The Balaban J connectivity index is 1.88. The van der Waals surface area contributed by atoms with Crippen LogP contribution in [0, 0.1) is 0 Å². The Morgan fingerprint density at radius 2 is 2.24 bits per heavy atom. The molecular weight excluding hydrogens is 266 g/mol. The number of nitrogens with zero attached hydrogens (tertiary/aromatic N) is 2. The first-order valence-electron chi connectivity index (χ1n) is 7.10. The molecule has 0 radical (unpaired) electrons. The van der Waals surface area contributed by atoms with Crippen LogP contribution in [-0.4, -0.2) is 27.4 Å². The molecule has 0 aromatic carbocycles. The van der Waals surface area contributed by atoms with Crippen molar-refractivity contribution in [2.24, 2.45) is 0 Å².